The van der Waals surface area contributed by atoms with E-state index >= 15 is 0 Å². The lowest BCUT2D eigenvalue weighted by Gasteiger charge is -2.22. The molecule has 0 aliphatic heterocycles. The molecule has 5 heteroatoms. The molecular formula is C21H26N2O3. The van der Waals surface area contributed by atoms with Gasteiger partial charge in [-0.2, -0.15) is 0 Å². The molecule has 0 bridgehead atoms. The Morgan fingerprint density at radius 3 is 2.46 bits per heavy atom. The summed E-state index contributed by atoms with van der Waals surface area (Å²) in [5, 5.41) is 5.75. The third-order valence-corrected chi connectivity index (χ3v) is 4.23. The zero-order valence-electron chi connectivity index (χ0n) is 15.7. The molecule has 0 fully saturated rings. The topological polar surface area (TPSA) is 67.4 Å². The summed E-state index contributed by atoms with van der Waals surface area (Å²) in [5.74, 6) is 0.265. The molecule has 2 aromatic rings. The third kappa shape index (κ3) is 5.09. The van der Waals surface area contributed by atoms with E-state index in [4.69, 9.17) is 4.74 Å². The van der Waals surface area contributed by atoms with Crippen LogP contribution >= 0.6 is 0 Å². The van der Waals surface area contributed by atoms with Crippen LogP contribution in [0, 0.1) is 12.8 Å². The fraction of sp³-hybridized carbons (Fsp3) is 0.333. The molecule has 0 saturated heterocycles. The lowest BCUT2D eigenvalue weighted by molar-refractivity contribution is -0.124. The molecule has 0 aliphatic carbocycles. The van der Waals surface area contributed by atoms with Crippen LogP contribution in [0.4, 0.5) is 0 Å². The van der Waals surface area contributed by atoms with Crippen LogP contribution in [0.15, 0.2) is 48.5 Å². The molecule has 2 N–H and O–H groups in total. The van der Waals surface area contributed by atoms with E-state index in [1.54, 1.807) is 13.2 Å². The minimum absolute atomic E-state index is 0.0340. The summed E-state index contributed by atoms with van der Waals surface area (Å²) < 4.78 is 5.19. The van der Waals surface area contributed by atoms with E-state index in [2.05, 4.69) is 10.6 Å². The van der Waals surface area contributed by atoms with Crippen molar-refractivity contribution >= 4 is 11.8 Å². The van der Waals surface area contributed by atoms with Crippen LogP contribution < -0.4 is 15.4 Å². The van der Waals surface area contributed by atoms with Crippen LogP contribution in [0.2, 0.25) is 0 Å². The Kier molecular flexibility index (Phi) is 6.78. The van der Waals surface area contributed by atoms with E-state index in [0.29, 0.717) is 12.1 Å². The number of benzene rings is 2. The van der Waals surface area contributed by atoms with Crippen LogP contribution in [-0.2, 0) is 11.3 Å². The van der Waals surface area contributed by atoms with Crippen molar-refractivity contribution in [3.05, 3.63) is 65.2 Å². The van der Waals surface area contributed by atoms with E-state index in [1.807, 2.05) is 63.2 Å². The Balaban J connectivity index is 2.03. The Labute approximate surface area is 154 Å². The van der Waals surface area contributed by atoms with Crippen molar-refractivity contribution in [2.24, 2.45) is 5.92 Å². The zero-order chi connectivity index (χ0) is 19.1. The number of hydrogen-bond donors (Lipinski definition) is 2. The maximum Gasteiger partial charge on any atom is 0.252 e. The first-order valence-corrected chi connectivity index (χ1v) is 8.69. The second-order valence-electron chi connectivity index (χ2n) is 6.58. The Morgan fingerprint density at radius 2 is 1.81 bits per heavy atom. The number of carbonyl (C=O) groups excluding carboxylic acids is 2. The van der Waals surface area contributed by atoms with E-state index in [-0.39, 0.29) is 17.7 Å². The van der Waals surface area contributed by atoms with Crippen LogP contribution in [0.25, 0.3) is 0 Å². The molecule has 0 spiro atoms. The van der Waals surface area contributed by atoms with Gasteiger partial charge in [0.1, 0.15) is 11.8 Å². The van der Waals surface area contributed by atoms with Crippen LogP contribution in [0.5, 0.6) is 5.75 Å². The summed E-state index contributed by atoms with van der Waals surface area (Å²) >= 11 is 0. The molecular weight excluding hydrogens is 328 g/mol. The van der Waals surface area contributed by atoms with Gasteiger partial charge in [0.2, 0.25) is 5.91 Å². The number of carbonyl (C=O) groups is 2. The maximum absolute atomic E-state index is 12.6. The van der Waals surface area contributed by atoms with Gasteiger partial charge in [0.15, 0.2) is 0 Å². The van der Waals surface area contributed by atoms with Gasteiger partial charge in [-0.25, -0.2) is 0 Å². The van der Waals surface area contributed by atoms with Gasteiger partial charge in [0, 0.05) is 12.1 Å². The van der Waals surface area contributed by atoms with Crippen molar-refractivity contribution in [2.45, 2.75) is 33.4 Å². The van der Waals surface area contributed by atoms with Gasteiger partial charge >= 0.3 is 0 Å². The Bertz CT molecular complexity index is 771. The largest absolute Gasteiger partial charge is 0.497 e. The molecule has 2 amide bonds. The quantitative estimate of drug-likeness (QED) is 0.803. The zero-order valence-corrected chi connectivity index (χ0v) is 15.7. The Hall–Kier alpha value is -2.82. The normalized spacial score (nSPS) is 11.7. The fourth-order valence-electron chi connectivity index (χ4n) is 2.66. The molecule has 1 unspecified atom stereocenters. The SMILES string of the molecule is COc1cccc(CNC(=O)C(NC(=O)c2ccccc2C)C(C)C)c1. The van der Waals surface area contributed by atoms with Gasteiger partial charge in [0.25, 0.3) is 5.91 Å². The summed E-state index contributed by atoms with van der Waals surface area (Å²) in [4.78, 5) is 25.1. The maximum atomic E-state index is 12.6. The van der Waals surface area contributed by atoms with Crippen LogP contribution in [0.3, 0.4) is 0 Å². The molecule has 1 atom stereocenters. The first-order valence-electron chi connectivity index (χ1n) is 8.69. The lowest BCUT2D eigenvalue weighted by atomic mass is 10.0. The Morgan fingerprint density at radius 1 is 1.08 bits per heavy atom. The van der Waals surface area contributed by atoms with E-state index < -0.39 is 6.04 Å². The number of amides is 2. The van der Waals surface area contributed by atoms with Crippen molar-refractivity contribution in [2.75, 3.05) is 7.11 Å². The van der Waals surface area contributed by atoms with Crippen LogP contribution in [0.1, 0.15) is 35.3 Å². The number of nitrogens with one attached hydrogen (secondary N) is 2. The summed E-state index contributed by atoms with van der Waals surface area (Å²) in [6.45, 7) is 6.07. The van der Waals surface area contributed by atoms with Gasteiger partial charge in [-0.1, -0.05) is 44.2 Å². The van der Waals surface area contributed by atoms with Gasteiger partial charge in [-0.05, 0) is 42.2 Å². The molecule has 0 aliphatic rings. The van der Waals surface area contributed by atoms with Crippen molar-refractivity contribution in [3.8, 4) is 5.75 Å². The van der Waals surface area contributed by atoms with Crippen molar-refractivity contribution in [3.63, 3.8) is 0 Å². The molecule has 2 aromatic carbocycles. The number of ether oxygens (including phenoxy) is 1. The molecule has 0 heterocycles. The molecule has 0 radical (unpaired) electrons. The predicted octanol–water partition coefficient (Wildman–Crippen LogP) is 3.07. The fourth-order valence-corrected chi connectivity index (χ4v) is 2.66. The minimum atomic E-state index is -0.604. The van der Waals surface area contributed by atoms with Gasteiger partial charge in [-0.3, -0.25) is 9.59 Å². The summed E-state index contributed by atoms with van der Waals surface area (Å²) in [7, 11) is 1.60. The van der Waals surface area contributed by atoms with Crippen LogP contribution in [-0.4, -0.2) is 25.0 Å². The average molecular weight is 354 g/mol. The molecule has 138 valence electrons. The van der Waals surface area contributed by atoms with E-state index in [9.17, 15) is 9.59 Å². The van der Waals surface area contributed by atoms with E-state index in [0.717, 1.165) is 16.9 Å². The highest BCUT2D eigenvalue weighted by atomic mass is 16.5. The van der Waals surface area contributed by atoms with Gasteiger partial charge in [-0.15, -0.1) is 0 Å². The second-order valence-corrected chi connectivity index (χ2v) is 6.58. The van der Waals surface area contributed by atoms with Gasteiger partial charge < -0.3 is 15.4 Å². The number of methoxy groups -OCH3 is 1. The number of aryl methyl sites for hydroxylation is 1. The molecule has 2 rings (SSSR count). The monoisotopic (exact) mass is 354 g/mol. The molecule has 0 aromatic heterocycles. The van der Waals surface area contributed by atoms with Crippen molar-refractivity contribution in [1.29, 1.82) is 0 Å². The molecule has 5 nitrogen and oxygen atoms in total. The third-order valence-electron chi connectivity index (χ3n) is 4.23. The minimum Gasteiger partial charge on any atom is -0.497 e. The molecule has 26 heavy (non-hydrogen) atoms. The van der Waals surface area contributed by atoms with Crippen molar-refractivity contribution in [1.82, 2.24) is 10.6 Å². The summed E-state index contributed by atoms with van der Waals surface area (Å²) in [6.07, 6.45) is 0. The highest BCUT2D eigenvalue weighted by molar-refractivity contribution is 5.98. The van der Waals surface area contributed by atoms with Gasteiger partial charge in [0.05, 0.1) is 7.11 Å². The lowest BCUT2D eigenvalue weighted by Crippen LogP contribution is -2.49. The average Bonchev–Trinajstić information content (AvgIpc) is 2.64. The molecule has 0 saturated carbocycles. The first-order chi connectivity index (χ1) is 12.4. The summed E-state index contributed by atoms with van der Waals surface area (Å²) in [5.41, 5.74) is 2.40. The predicted molar refractivity (Wildman–Crippen MR) is 102 cm³/mol. The number of rotatable bonds is 7. The van der Waals surface area contributed by atoms with Crippen molar-refractivity contribution < 1.29 is 14.3 Å². The number of hydrogen-bond acceptors (Lipinski definition) is 3. The highest BCUT2D eigenvalue weighted by Crippen LogP contribution is 2.13. The summed E-state index contributed by atoms with van der Waals surface area (Å²) in [6, 6.07) is 14.2. The second kappa shape index (κ2) is 9.04. The smallest absolute Gasteiger partial charge is 0.252 e. The highest BCUT2D eigenvalue weighted by Gasteiger charge is 2.24. The first kappa shape index (κ1) is 19.5. The van der Waals surface area contributed by atoms with E-state index in [1.165, 1.54) is 0 Å². The standard InChI is InChI=1S/C21H26N2O3/c1-14(2)19(23-20(24)18-11-6-5-8-15(18)3)21(25)22-13-16-9-7-10-17(12-16)26-4/h5-12,14,19H,13H2,1-4H3,(H,22,25)(H,23,24).